The molecular formula is C39H67NO13. The molecule has 0 heterocycles. The highest BCUT2D eigenvalue weighted by Crippen LogP contribution is 2.39. The van der Waals surface area contributed by atoms with Crippen LogP contribution < -0.4 is 19.5 Å². The van der Waals surface area contributed by atoms with Crippen molar-refractivity contribution in [1.29, 1.82) is 0 Å². The first kappa shape index (κ1) is 48.3. The number of amides is 1. The second-order valence-electron chi connectivity index (χ2n) is 12.0. The Morgan fingerprint density at radius 1 is 0.623 bits per heavy atom. The lowest BCUT2D eigenvalue weighted by Crippen LogP contribution is -2.25. The van der Waals surface area contributed by atoms with Crippen LogP contribution >= 0.6 is 0 Å². The predicted molar refractivity (Wildman–Crippen MR) is 202 cm³/mol. The molecule has 0 unspecified atom stereocenters. The Bertz CT molecular complexity index is 1040. The molecule has 14 nitrogen and oxygen atoms in total. The van der Waals surface area contributed by atoms with Gasteiger partial charge in [-0.25, -0.2) is 0 Å². The van der Waals surface area contributed by atoms with E-state index >= 15 is 0 Å². The molecule has 0 saturated carbocycles. The number of carbonyl (C=O) groups excluding carboxylic acids is 1. The van der Waals surface area contributed by atoms with Gasteiger partial charge in [-0.3, -0.25) is 4.79 Å². The van der Waals surface area contributed by atoms with Gasteiger partial charge in [-0.15, -0.1) is 12.3 Å². The van der Waals surface area contributed by atoms with Crippen molar-refractivity contribution in [2.45, 2.75) is 46.5 Å². The average Bonchev–Trinajstić information content (AvgIpc) is 3.15. The molecule has 14 heteroatoms. The summed E-state index contributed by atoms with van der Waals surface area (Å²) in [7, 11) is 1.63. The van der Waals surface area contributed by atoms with Crippen molar-refractivity contribution in [3.63, 3.8) is 0 Å². The Kier molecular flexibility index (Phi) is 33.1. The molecule has 0 fully saturated rings. The number of hydrogen-bond acceptors (Lipinski definition) is 13. The standard InChI is InChI=1S/C39H67NO13/c1-6-8-9-13-44-17-19-50-28-31-53-38-36(51-29-26-48-24-22-46-18-16-43-12-7-2)32-35(39(41)40-11-10-34(3)4)33-37(38)52-30-27-49-25-23-47-21-20-45-15-14-42-5/h1,32-34H,7-31H2,2-5H3,(H,40,41). The third-order valence-electron chi connectivity index (χ3n) is 6.98. The van der Waals surface area contributed by atoms with Crippen molar-refractivity contribution < 1.29 is 61.6 Å². The van der Waals surface area contributed by atoms with Crippen LogP contribution in [0.4, 0.5) is 0 Å². The van der Waals surface area contributed by atoms with Gasteiger partial charge in [-0.05, 0) is 37.3 Å². The molecule has 1 N–H and O–H groups in total. The van der Waals surface area contributed by atoms with Gasteiger partial charge >= 0.3 is 0 Å². The zero-order valence-electron chi connectivity index (χ0n) is 32.8. The topological polar surface area (TPSA) is 140 Å². The van der Waals surface area contributed by atoms with Gasteiger partial charge in [0.1, 0.15) is 19.8 Å². The number of carbonyl (C=O) groups is 1. The maximum atomic E-state index is 13.2. The Morgan fingerprint density at radius 3 is 1.47 bits per heavy atom. The summed E-state index contributed by atoms with van der Waals surface area (Å²) >= 11 is 0. The van der Waals surface area contributed by atoms with Crippen LogP contribution in [0.5, 0.6) is 17.2 Å². The summed E-state index contributed by atoms with van der Waals surface area (Å²) in [5, 5.41) is 2.99. The van der Waals surface area contributed by atoms with Gasteiger partial charge in [0.25, 0.3) is 5.91 Å². The molecule has 1 rings (SSSR count). The molecule has 1 amide bonds. The van der Waals surface area contributed by atoms with Crippen molar-refractivity contribution in [3.05, 3.63) is 17.7 Å². The van der Waals surface area contributed by atoms with Crippen LogP contribution in [-0.4, -0.2) is 152 Å². The van der Waals surface area contributed by atoms with E-state index < -0.39 is 0 Å². The van der Waals surface area contributed by atoms with Gasteiger partial charge in [0.05, 0.1) is 99.1 Å². The van der Waals surface area contributed by atoms with E-state index in [0.29, 0.717) is 147 Å². The summed E-state index contributed by atoms with van der Waals surface area (Å²) in [6.07, 6.45) is 8.61. The SMILES string of the molecule is C#CCCCOCCOCCOc1c(OCCOCCOCCOCCC)cc(C(=O)NCCC(C)C)cc1OCCOCCOCCOCCOC. The van der Waals surface area contributed by atoms with Crippen LogP contribution in [0.3, 0.4) is 0 Å². The van der Waals surface area contributed by atoms with E-state index in [9.17, 15) is 4.79 Å². The molecule has 53 heavy (non-hydrogen) atoms. The Morgan fingerprint density at radius 2 is 1.04 bits per heavy atom. The fourth-order valence-electron chi connectivity index (χ4n) is 4.23. The molecule has 0 aliphatic carbocycles. The molecule has 0 radical (unpaired) electrons. The van der Waals surface area contributed by atoms with E-state index in [4.69, 9.17) is 63.3 Å². The van der Waals surface area contributed by atoms with E-state index in [1.807, 2.05) is 0 Å². The number of nitrogens with one attached hydrogen (secondary N) is 1. The van der Waals surface area contributed by atoms with E-state index in [-0.39, 0.29) is 25.7 Å². The summed E-state index contributed by atoms with van der Waals surface area (Å²) in [5.41, 5.74) is 0.381. The van der Waals surface area contributed by atoms with Gasteiger partial charge in [0.15, 0.2) is 11.5 Å². The zero-order chi connectivity index (χ0) is 38.5. The molecule has 0 spiro atoms. The highest BCUT2D eigenvalue weighted by atomic mass is 16.6. The predicted octanol–water partition coefficient (Wildman–Crippen LogP) is 4.20. The lowest BCUT2D eigenvalue weighted by atomic mass is 10.1. The summed E-state index contributed by atoms with van der Waals surface area (Å²) in [6.45, 7) is 15.3. The van der Waals surface area contributed by atoms with Crippen LogP contribution in [0.25, 0.3) is 0 Å². The zero-order valence-corrected chi connectivity index (χ0v) is 32.8. The van der Waals surface area contributed by atoms with Gasteiger partial charge in [-0.2, -0.15) is 0 Å². The molecule has 0 aliphatic rings. The van der Waals surface area contributed by atoms with Gasteiger partial charge in [0, 0.05) is 38.9 Å². The highest BCUT2D eigenvalue weighted by Gasteiger charge is 2.19. The Labute approximate surface area is 318 Å². The fraction of sp³-hybridized carbons (Fsp3) is 0.769. The fourth-order valence-corrected chi connectivity index (χ4v) is 4.23. The molecule has 1 aromatic rings. The van der Waals surface area contributed by atoms with E-state index in [1.54, 1.807) is 19.2 Å². The third kappa shape index (κ3) is 28.4. The molecular weight excluding hydrogens is 690 g/mol. The van der Waals surface area contributed by atoms with Crippen molar-refractivity contribution in [2.24, 2.45) is 5.92 Å². The minimum absolute atomic E-state index is 0.203. The average molecular weight is 758 g/mol. The van der Waals surface area contributed by atoms with Crippen LogP contribution in [0.15, 0.2) is 12.1 Å². The number of unbranched alkanes of at least 4 members (excludes halogenated alkanes) is 1. The smallest absolute Gasteiger partial charge is 0.251 e. The van der Waals surface area contributed by atoms with Gasteiger partial charge < -0.3 is 62.2 Å². The summed E-state index contributed by atoms with van der Waals surface area (Å²) in [4.78, 5) is 13.2. The molecule has 1 aromatic carbocycles. The van der Waals surface area contributed by atoms with Crippen LogP contribution in [0.1, 0.15) is 56.8 Å². The minimum Gasteiger partial charge on any atom is -0.487 e. The quantitative estimate of drug-likeness (QED) is 0.0759. The number of ether oxygens (including phenoxy) is 12. The van der Waals surface area contributed by atoms with Crippen LogP contribution in [-0.2, 0) is 42.6 Å². The molecule has 0 aromatic heterocycles. The van der Waals surface area contributed by atoms with Crippen molar-refractivity contribution >= 4 is 5.91 Å². The van der Waals surface area contributed by atoms with Crippen LogP contribution in [0.2, 0.25) is 0 Å². The first-order valence-electron chi connectivity index (χ1n) is 18.9. The number of terminal acetylenes is 1. The maximum absolute atomic E-state index is 13.2. The van der Waals surface area contributed by atoms with E-state index in [0.717, 1.165) is 25.9 Å². The summed E-state index contributed by atoms with van der Waals surface area (Å²) in [6, 6.07) is 3.31. The number of hydrogen-bond donors (Lipinski definition) is 1. The highest BCUT2D eigenvalue weighted by molar-refractivity contribution is 5.95. The summed E-state index contributed by atoms with van der Waals surface area (Å²) < 4.78 is 67.9. The van der Waals surface area contributed by atoms with E-state index in [2.05, 4.69) is 32.0 Å². The largest absolute Gasteiger partial charge is 0.487 e. The Hall–Kier alpha value is -2.71. The number of rotatable bonds is 39. The second-order valence-corrected chi connectivity index (χ2v) is 12.0. The van der Waals surface area contributed by atoms with E-state index in [1.165, 1.54) is 0 Å². The first-order valence-corrected chi connectivity index (χ1v) is 18.9. The molecule has 0 aliphatic heterocycles. The van der Waals surface area contributed by atoms with Crippen molar-refractivity contribution in [3.8, 4) is 29.6 Å². The van der Waals surface area contributed by atoms with Crippen molar-refractivity contribution in [1.82, 2.24) is 5.32 Å². The number of benzene rings is 1. The van der Waals surface area contributed by atoms with Gasteiger partial charge in [0.2, 0.25) is 5.75 Å². The van der Waals surface area contributed by atoms with Gasteiger partial charge in [-0.1, -0.05) is 20.8 Å². The summed E-state index contributed by atoms with van der Waals surface area (Å²) in [5.74, 6) is 3.85. The number of methoxy groups -OCH3 is 1. The maximum Gasteiger partial charge on any atom is 0.251 e. The second kappa shape index (κ2) is 36.3. The molecule has 0 bridgehead atoms. The minimum atomic E-state index is -0.242. The molecule has 0 saturated heterocycles. The normalized spacial score (nSPS) is 11.2. The lowest BCUT2D eigenvalue weighted by molar-refractivity contribution is -0.0000467. The monoisotopic (exact) mass is 757 g/mol. The Balaban J connectivity index is 2.83. The lowest BCUT2D eigenvalue weighted by Gasteiger charge is -2.19. The first-order chi connectivity index (χ1) is 26.0. The van der Waals surface area contributed by atoms with Crippen molar-refractivity contribution in [2.75, 3.05) is 146 Å². The third-order valence-corrected chi connectivity index (χ3v) is 6.98. The molecule has 306 valence electrons. The van der Waals surface area contributed by atoms with Crippen LogP contribution in [0, 0.1) is 18.3 Å². The molecule has 0 atom stereocenters.